The normalized spacial score (nSPS) is 20.2. The molecule has 3 nitrogen and oxygen atoms in total. The molecule has 0 bridgehead atoms. The number of hydrogen-bond donors (Lipinski definition) is 1. The fourth-order valence-electron chi connectivity index (χ4n) is 3.74. The maximum absolute atomic E-state index is 12.2. The van der Waals surface area contributed by atoms with Crippen molar-refractivity contribution in [2.75, 3.05) is 13.1 Å². The summed E-state index contributed by atoms with van der Waals surface area (Å²) >= 11 is 0. The van der Waals surface area contributed by atoms with E-state index in [9.17, 15) is 4.79 Å². The molecule has 1 aromatic rings. The number of rotatable bonds is 5. The topological polar surface area (TPSA) is 32.3 Å². The van der Waals surface area contributed by atoms with E-state index in [2.05, 4.69) is 34.5 Å². The number of amides is 1. The second kappa shape index (κ2) is 7.77. The number of carbonyl (C=O) groups excluding carboxylic acids is 1. The Balaban J connectivity index is 1.50. The van der Waals surface area contributed by atoms with Crippen LogP contribution < -0.4 is 5.32 Å². The number of nitrogens with zero attached hydrogens (tertiary/aromatic N) is 1. The molecule has 2 fully saturated rings. The lowest BCUT2D eigenvalue weighted by Crippen LogP contribution is -2.31. The van der Waals surface area contributed by atoms with Crippen molar-refractivity contribution in [2.45, 2.75) is 58.0 Å². The van der Waals surface area contributed by atoms with Gasteiger partial charge in [-0.05, 0) is 49.9 Å². The molecule has 1 saturated carbocycles. The summed E-state index contributed by atoms with van der Waals surface area (Å²) < 4.78 is 0. The third kappa shape index (κ3) is 4.33. The highest BCUT2D eigenvalue weighted by Crippen LogP contribution is 2.23. The molecule has 1 heterocycles. The van der Waals surface area contributed by atoms with Gasteiger partial charge in [0.25, 0.3) is 0 Å². The van der Waals surface area contributed by atoms with Crippen LogP contribution in [0, 0.1) is 5.92 Å². The molecule has 1 saturated heterocycles. The smallest absolute Gasteiger partial charge is 0.223 e. The third-order valence-electron chi connectivity index (χ3n) is 5.04. The van der Waals surface area contributed by atoms with Gasteiger partial charge in [0.1, 0.15) is 0 Å². The van der Waals surface area contributed by atoms with Crippen molar-refractivity contribution in [3.05, 3.63) is 35.4 Å². The van der Waals surface area contributed by atoms with Crippen LogP contribution in [0.4, 0.5) is 0 Å². The van der Waals surface area contributed by atoms with E-state index in [1.807, 2.05) is 0 Å². The number of likely N-dealkylation sites (tertiary alicyclic amines) is 1. The van der Waals surface area contributed by atoms with Gasteiger partial charge in [-0.1, -0.05) is 43.5 Å². The molecule has 3 heteroatoms. The second-order valence-electron chi connectivity index (χ2n) is 6.86. The maximum Gasteiger partial charge on any atom is 0.223 e. The van der Waals surface area contributed by atoms with E-state index in [1.54, 1.807) is 0 Å². The zero-order valence-corrected chi connectivity index (χ0v) is 13.5. The first-order valence-electron chi connectivity index (χ1n) is 8.89. The summed E-state index contributed by atoms with van der Waals surface area (Å²) in [5, 5.41) is 3.14. The van der Waals surface area contributed by atoms with Gasteiger partial charge in [-0.25, -0.2) is 0 Å². The van der Waals surface area contributed by atoms with Crippen LogP contribution in [-0.4, -0.2) is 23.9 Å². The lowest BCUT2D eigenvalue weighted by molar-refractivity contribution is -0.126. The molecule has 22 heavy (non-hydrogen) atoms. The van der Waals surface area contributed by atoms with Crippen LogP contribution in [0.15, 0.2) is 24.3 Å². The zero-order chi connectivity index (χ0) is 15.2. The maximum atomic E-state index is 12.2. The van der Waals surface area contributed by atoms with E-state index in [0.717, 1.165) is 19.4 Å². The predicted octanol–water partition coefficient (Wildman–Crippen LogP) is 3.48. The third-order valence-corrected chi connectivity index (χ3v) is 5.04. The lowest BCUT2D eigenvalue weighted by Gasteiger charge is -2.21. The van der Waals surface area contributed by atoms with Crippen molar-refractivity contribution in [1.29, 1.82) is 0 Å². The Morgan fingerprint density at radius 2 is 1.77 bits per heavy atom. The molecule has 1 aliphatic carbocycles. The summed E-state index contributed by atoms with van der Waals surface area (Å²) in [4.78, 5) is 14.7. The van der Waals surface area contributed by atoms with E-state index in [0.29, 0.717) is 6.54 Å². The summed E-state index contributed by atoms with van der Waals surface area (Å²) in [5.41, 5.74) is 2.59. The van der Waals surface area contributed by atoms with Gasteiger partial charge < -0.3 is 5.32 Å². The molecule has 1 N–H and O–H groups in total. The van der Waals surface area contributed by atoms with Gasteiger partial charge in [0.05, 0.1) is 0 Å². The Morgan fingerprint density at radius 3 is 2.55 bits per heavy atom. The largest absolute Gasteiger partial charge is 0.352 e. The van der Waals surface area contributed by atoms with E-state index >= 15 is 0 Å². The van der Waals surface area contributed by atoms with E-state index in [-0.39, 0.29) is 11.8 Å². The second-order valence-corrected chi connectivity index (χ2v) is 6.86. The van der Waals surface area contributed by atoms with E-state index < -0.39 is 0 Å². The first kappa shape index (κ1) is 15.5. The Labute approximate surface area is 134 Å². The highest BCUT2D eigenvalue weighted by molar-refractivity contribution is 5.78. The van der Waals surface area contributed by atoms with Crippen LogP contribution in [-0.2, 0) is 17.9 Å². The molecule has 3 rings (SSSR count). The van der Waals surface area contributed by atoms with Crippen molar-refractivity contribution in [3.63, 3.8) is 0 Å². The summed E-state index contributed by atoms with van der Waals surface area (Å²) in [5.74, 6) is 0.506. The van der Waals surface area contributed by atoms with Crippen molar-refractivity contribution in [3.8, 4) is 0 Å². The zero-order valence-electron chi connectivity index (χ0n) is 13.5. The molecule has 120 valence electrons. The minimum absolute atomic E-state index is 0.251. The molecule has 1 aliphatic heterocycles. The average Bonchev–Trinajstić information content (AvgIpc) is 3.07. The molecule has 0 radical (unpaired) electrons. The van der Waals surface area contributed by atoms with Crippen molar-refractivity contribution >= 4 is 5.91 Å². The fraction of sp³-hybridized carbons (Fsp3) is 0.632. The van der Waals surface area contributed by atoms with E-state index in [1.165, 1.54) is 56.3 Å². The first-order chi connectivity index (χ1) is 10.8. The SMILES string of the molecule is O=C(NCc1cccc(CN2CCCC2)c1)C1CCCCC1. The predicted molar refractivity (Wildman–Crippen MR) is 89.4 cm³/mol. The molecule has 1 aromatic carbocycles. The van der Waals surface area contributed by atoms with Gasteiger partial charge in [0.2, 0.25) is 5.91 Å². The Hall–Kier alpha value is -1.35. The Bertz CT molecular complexity index is 488. The molecular weight excluding hydrogens is 272 g/mol. The number of nitrogens with one attached hydrogen (secondary N) is 1. The monoisotopic (exact) mass is 300 g/mol. The molecule has 0 spiro atoms. The summed E-state index contributed by atoms with van der Waals surface area (Å²) in [7, 11) is 0. The number of carbonyl (C=O) groups is 1. The van der Waals surface area contributed by atoms with Gasteiger partial charge >= 0.3 is 0 Å². The first-order valence-corrected chi connectivity index (χ1v) is 8.89. The molecule has 0 aromatic heterocycles. The van der Waals surface area contributed by atoms with Crippen LogP contribution >= 0.6 is 0 Å². The van der Waals surface area contributed by atoms with E-state index in [4.69, 9.17) is 0 Å². The Kier molecular flexibility index (Phi) is 5.49. The Morgan fingerprint density at radius 1 is 1.05 bits per heavy atom. The average molecular weight is 300 g/mol. The summed E-state index contributed by atoms with van der Waals surface area (Å²) in [6.45, 7) is 4.17. The van der Waals surface area contributed by atoms with Crippen molar-refractivity contribution in [2.24, 2.45) is 5.92 Å². The highest BCUT2D eigenvalue weighted by atomic mass is 16.1. The van der Waals surface area contributed by atoms with Crippen molar-refractivity contribution < 1.29 is 4.79 Å². The minimum Gasteiger partial charge on any atom is -0.352 e. The summed E-state index contributed by atoms with van der Waals surface area (Å²) in [6.07, 6.45) is 8.52. The van der Waals surface area contributed by atoms with Crippen LogP contribution in [0.2, 0.25) is 0 Å². The van der Waals surface area contributed by atoms with Crippen LogP contribution in [0.5, 0.6) is 0 Å². The van der Waals surface area contributed by atoms with Gasteiger partial charge in [-0.3, -0.25) is 9.69 Å². The molecule has 1 amide bonds. The standard InChI is InChI=1S/C19H28N2O/c22-19(18-9-2-1-3-10-18)20-14-16-7-6-8-17(13-16)15-21-11-4-5-12-21/h6-8,13,18H,1-5,9-12,14-15H2,(H,20,22). The highest BCUT2D eigenvalue weighted by Gasteiger charge is 2.20. The van der Waals surface area contributed by atoms with Crippen LogP contribution in [0.3, 0.4) is 0 Å². The van der Waals surface area contributed by atoms with Gasteiger partial charge in [-0.15, -0.1) is 0 Å². The number of benzene rings is 1. The quantitative estimate of drug-likeness (QED) is 0.903. The van der Waals surface area contributed by atoms with Gasteiger partial charge in [-0.2, -0.15) is 0 Å². The number of hydrogen-bond acceptors (Lipinski definition) is 2. The molecular formula is C19H28N2O. The fourth-order valence-corrected chi connectivity index (χ4v) is 3.74. The molecule has 2 aliphatic rings. The van der Waals surface area contributed by atoms with Crippen LogP contribution in [0.1, 0.15) is 56.1 Å². The van der Waals surface area contributed by atoms with Crippen molar-refractivity contribution in [1.82, 2.24) is 10.2 Å². The van der Waals surface area contributed by atoms with Gasteiger partial charge in [0, 0.05) is 19.0 Å². The minimum atomic E-state index is 0.251. The summed E-state index contributed by atoms with van der Waals surface area (Å²) in [6, 6.07) is 8.69. The molecule has 0 atom stereocenters. The van der Waals surface area contributed by atoms with Crippen LogP contribution in [0.25, 0.3) is 0 Å². The molecule has 0 unspecified atom stereocenters. The van der Waals surface area contributed by atoms with Gasteiger partial charge in [0.15, 0.2) is 0 Å². The lowest BCUT2D eigenvalue weighted by atomic mass is 9.88.